The van der Waals surface area contributed by atoms with Crippen molar-refractivity contribution in [3.05, 3.63) is 30.1 Å². The highest BCUT2D eigenvalue weighted by molar-refractivity contribution is 6.09. The van der Waals surface area contributed by atoms with Gasteiger partial charge in [-0.15, -0.1) is 0 Å². The summed E-state index contributed by atoms with van der Waals surface area (Å²) in [7, 11) is 1.70. The van der Waals surface area contributed by atoms with Crippen molar-refractivity contribution in [2.45, 2.75) is 46.1 Å². The van der Waals surface area contributed by atoms with Crippen LogP contribution in [-0.4, -0.2) is 78.3 Å². The van der Waals surface area contributed by atoms with Crippen molar-refractivity contribution in [2.75, 3.05) is 38.7 Å². The topological polar surface area (TPSA) is 148 Å². The monoisotopic (exact) mass is 513 g/mol. The maximum atomic E-state index is 12.4. The lowest BCUT2D eigenvalue weighted by Crippen LogP contribution is -2.42. The van der Waals surface area contributed by atoms with Crippen LogP contribution in [0, 0.1) is 0 Å². The molecule has 12 nitrogen and oxygen atoms in total. The van der Waals surface area contributed by atoms with Crippen molar-refractivity contribution in [3.63, 3.8) is 0 Å². The minimum atomic E-state index is -0.613. The fourth-order valence-electron chi connectivity index (χ4n) is 3.88. The SMILES string of the molecule is CCOCc1nc2c(NC(=O)CNC)nc3ccccc3c2n1C[C@@H](C)OCCNC(=O)[C@@H](C)NC=O. The Hall–Kier alpha value is -3.61. The van der Waals surface area contributed by atoms with Gasteiger partial charge in [-0.05, 0) is 33.9 Å². The van der Waals surface area contributed by atoms with Gasteiger partial charge in [-0.3, -0.25) is 14.4 Å². The molecule has 4 N–H and O–H groups in total. The van der Waals surface area contributed by atoms with Gasteiger partial charge >= 0.3 is 0 Å². The second-order valence-electron chi connectivity index (χ2n) is 8.51. The summed E-state index contributed by atoms with van der Waals surface area (Å²) in [5, 5.41) is 11.8. The van der Waals surface area contributed by atoms with Crippen LogP contribution in [-0.2, 0) is 37.0 Å². The number of carbonyl (C=O) groups is 3. The number of likely N-dealkylation sites (N-methyl/N-ethyl adjacent to an activating group) is 1. The van der Waals surface area contributed by atoms with Gasteiger partial charge in [0.15, 0.2) is 5.82 Å². The quantitative estimate of drug-likeness (QED) is 0.173. The minimum Gasteiger partial charge on any atom is -0.375 e. The van der Waals surface area contributed by atoms with E-state index >= 15 is 0 Å². The van der Waals surface area contributed by atoms with Crippen molar-refractivity contribution in [3.8, 4) is 0 Å². The Morgan fingerprint density at radius 3 is 2.70 bits per heavy atom. The molecule has 0 aliphatic rings. The number of carbonyl (C=O) groups excluding carboxylic acids is 3. The third-order valence-corrected chi connectivity index (χ3v) is 5.65. The molecule has 0 aliphatic carbocycles. The molecule has 1 aromatic carbocycles. The van der Waals surface area contributed by atoms with Gasteiger partial charge in [0.2, 0.25) is 18.2 Å². The zero-order chi connectivity index (χ0) is 26.8. The number of benzene rings is 1. The third kappa shape index (κ3) is 7.21. The minimum absolute atomic E-state index is 0.147. The number of pyridine rings is 1. The van der Waals surface area contributed by atoms with Gasteiger partial charge in [0.25, 0.3) is 0 Å². The number of rotatable bonds is 15. The Kier molecular flexibility index (Phi) is 10.3. The highest BCUT2D eigenvalue weighted by Crippen LogP contribution is 2.31. The van der Waals surface area contributed by atoms with Gasteiger partial charge in [0, 0.05) is 18.5 Å². The number of aromatic nitrogens is 3. The lowest BCUT2D eigenvalue weighted by molar-refractivity contribution is -0.125. The van der Waals surface area contributed by atoms with E-state index in [1.165, 1.54) is 0 Å². The molecule has 0 spiro atoms. The highest BCUT2D eigenvalue weighted by Gasteiger charge is 2.21. The predicted octanol–water partition coefficient (Wildman–Crippen LogP) is 0.935. The standard InChI is InChI=1S/C25H35N7O5/c1-5-36-14-20-30-22-23(18-8-6-7-9-19(18)29-24(22)31-21(34)12-26-4)32(20)13-16(2)37-11-10-27-25(35)17(3)28-15-33/h6-9,15-17,26H,5,10-14H2,1-4H3,(H,27,35)(H,28,33)(H,29,31,34)/t16-,17-/m1/s1. The number of imidazole rings is 1. The fourth-order valence-corrected chi connectivity index (χ4v) is 3.88. The maximum Gasteiger partial charge on any atom is 0.242 e. The van der Waals surface area contributed by atoms with E-state index in [-0.39, 0.29) is 31.1 Å². The van der Waals surface area contributed by atoms with Crippen LogP contribution in [0.1, 0.15) is 26.6 Å². The molecular formula is C25H35N7O5. The predicted molar refractivity (Wildman–Crippen MR) is 140 cm³/mol. The lowest BCUT2D eigenvalue weighted by Gasteiger charge is -2.18. The zero-order valence-corrected chi connectivity index (χ0v) is 21.7. The maximum absolute atomic E-state index is 12.4. The van der Waals surface area contributed by atoms with Crippen molar-refractivity contribution >= 4 is 46.0 Å². The van der Waals surface area contributed by atoms with Gasteiger partial charge in [0.1, 0.15) is 24.0 Å². The molecule has 3 rings (SSSR count). The molecular weight excluding hydrogens is 478 g/mol. The highest BCUT2D eigenvalue weighted by atomic mass is 16.5. The zero-order valence-electron chi connectivity index (χ0n) is 21.7. The number of amides is 3. The molecule has 200 valence electrons. The number of ether oxygens (including phenoxy) is 2. The number of hydrogen-bond acceptors (Lipinski definition) is 8. The van der Waals surface area contributed by atoms with Crippen LogP contribution < -0.4 is 21.3 Å². The van der Waals surface area contributed by atoms with E-state index in [0.717, 1.165) is 16.4 Å². The molecule has 0 radical (unpaired) electrons. The summed E-state index contributed by atoms with van der Waals surface area (Å²) in [6.07, 6.45) is 0.268. The average molecular weight is 514 g/mol. The molecule has 37 heavy (non-hydrogen) atoms. The molecule has 2 aromatic heterocycles. The third-order valence-electron chi connectivity index (χ3n) is 5.65. The smallest absolute Gasteiger partial charge is 0.242 e. The first-order valence-corrected chi connectivity index (χ1v) is 12.3. The van der Waals surface area contributed by atoms with E-state index in [9.17, 15) is 14.4 Å². The van der Waals surface area contributed by atoms with E-state index in [1.807, 2.05) is 42.7 Å². The van der Waals surface area contributed by atoms with E-state index in [1.54, 1.807) is 14.0 Å². The van der Waals surface area contributed by atoms with Gasteiger partial charge in [-0.25, -0.2) is 9.97 Å². The number of anilines is 1. The molecule has 3 amide bonds. The molecule has 12 heteroatoms. The second-order valence-corrected chi connectivity index (χ2v) is 8.51. The molecule has 0 saturated heterocycles. The number of para-hydroxylation sites is 1. The normalized spacial score (nSPS) is 12.9. The van der Waals surface area contributed by atoms with E-state index in [0.29, 0.717) is 49.9 Å². The van der Waals surface area contributed by atoms with E-state index in [4.69, 9.17) is 14.5 Å². The van der Waals surface area contributed by atoms with Crippen LogP contribution in [0.5, 0.6) is 0 Å². The Bertz CT molecular complexity index is 1230. The molecule has 0 bridgehead atoms. The number of fused-ring (bicyclic) bond motifs is 3. The van der Waals surface area contributed by atoms with E-state index < -0.39 is 6.04 Å². The Morgan fingerprint density at radius 1 is 1.19 bits per heavy atom. The molecule has 0 fully saturated rings. The summed E-state index contributed by atoms with van der Waals surface area (Å²) >= 11 is 0. The molecule has 2 atom stereocenters. The number of nitrogens with one attached hydrogen (secondary N) is 4. The largest absolute Gasteiger partial charge is 0.375 e. The number of hydrogen-bond donors (Lipinski definition) is 4. The summed E-state index contributed by atoms with van der Waals surface area (Å²) in [4.78, 5) is 44.3. The molecule has 0 unspecified atom stereocenters. The van der Waals surface area contributed by atoms with Crippen LogP contribution in [0.25, 0.3) is 21.9 Å². The summed E-state index contributed by atoms with van der Waals surface area (Å²) in [5.41, 5.74) is 2.14. The van der Waals surface area contributed by atoms with Crippen molar-refractivity contribution in [1.29, 1.82) is 0 Å². The summed E-state index contributed by atoms with van der Waals surface area (Å²) in [6.45, 7) is 7.48. The Balaban J connectivity index is 1.87. The average Bonchev–Trinajstić information content (AvgIpc) is 3.24. The Labute approximate surface area is 215 Å². The first-order valence-electron chi connectivity index (χ1n) is 12.3. The van der Waals surface area contributed by atoms with Gasteiger partial charge < -0.3 is 35.3 Å². The fraction of sp³-hybridized carbons (Fsp3) is 0.480. The van der Waals surface area contributed by atoms with Gasteiger partial charge in [0.05, 0.1) is 36.8 Å². The molecule has 0 aliphatic heterocycles. The van der Waals surface area contributed by atoms with Crippen LogP contribution in [0.3, 0.4) is 0 Å². The van der Waals surface area contributed by atoms with Crippen LogP contribution in [0.4, 0.5) is 5.82 Å². The first-order chi connectivity index (χ1) is 17.9. The van der Waals surface area contributed by atoms with Crippen LogP contribution in [0.15, 0.2) is 24.3 Å². The lowest BCUT2D eigenvalue weighted by atomic mass is 10.2. The molecule has 0 saturated carbocycles. The van der Waals surface area contributed by atoms with Crippen molar-refractivity contribution in [1.82, 2.24) is 30.5 Å². The van der Waals surface area contributed by atoms with E-state index in [2.05, 4.69) is 26.3 Å². The van der Waals surface area contributed by atoms with Crippen LogP contribution >= 0.6 is 0 Å². The van der Waals surface area contributed by atoms with Gasteiger partial charge in [-0.2, -0.15) is 0 Å². The molecule has 3 aromatic rings. The molecule has 2 heterocycles. The Morgan fingerprint density at radius 2 is 1.97 bits per heavy atom. The first kappa shape index (κ1) is 28.0. The summed E-state index contributed by atoms with van der Waals surface area (Å²) in [5.74, 6) is 0.579. The summed E-state index contributed by atoms with van der Waals surface area (Å²) in [6, 6.07) is 7.09. The van der Waals surface area contributed by atoms with Crippen molar-refractivity contribution < 1.29 is 23.9 Å². The van der Waals surface area contributed by atoms with Gasteiger partial charge in [-0.1, -0.05) is 18.2 Å². The van der Waals surface area contributed by atoms with Crippen LogP contribution in [0.2, 0.25) is 0 Å². The second kappa shape index (κ2) is 13.6. The number of nitrogens with zero attached hydrogens (tertiary/aromatic N) is 3. The summed E-state index contributed by atoms with van der Waals surface area (Å²) < 4.78 is 13.7. The van der Waals surface area contributed by atoms with Crippen molar-refractivity contribution in [2.24, 2.45) is 0 Å².